The van der Waals surface area contributed by atoms with E-state index in [1.54, 1.807) is 0 Å². The van der Waals surface area contributed by atoms with Gasteiger partial charge in [0, 0.05) is 25.2 Å². The number of carbonyl (C=O) groups excluding carboxylic acids is 2. The number of hydrogen-bond donors (Lipinski definition) is 3. The summed E-state index contributed by atoms with van der Waals surface area (Å²) >= 11 is 0. The Morgan fingerprint density at radius 1 is 1.08 bits per heavy atom. The van der Waals surface area contributed by atoms with Crippen LogP contribution in [0.4, 0.5) is 5.69 Å². The van der Waals surface area contributed by atoms with Crippen molar-refractivity contribution in [3.8, 4) is 0 Å². The van der Waals surface area contributed by atoms with Crippen LogP contribution in [0.15, 0.2) is 24.3 Å². The molecule has 2 amide bonds. The Balaban J connectivity index is 0.00000169. The van der Waals surface area contributed by atoms with E-state index in [0.29, 0.717) is 18.8 Å². The van der Waals surface area contributed by atoms with Gasteiger partial charge in [-0.1, -0.05) is 12.1 Å². The van der Waals surface area contributed by atoms with Crippen LogP contribution < -0.4 is 16.4 Å². The Kier molecular flexibility index (Phi) is 9.36. The summed E-state index contributed by atoms with van der Waals surface area (Å²) in [7, 11) is 0. The Morgan fingerprint density at radius 2 is 1.73 bits per heavy atom. The number of anilines is 1. The molecule has 1 aromatic carbocycles. The highest BCUT2D eigenvalue weighted by Crippen LogP contribution is 2.29. The first-order valence-corrected chi connectivity index (χ1v) is 8.78. The summed E-state index contributed by atoms with van der Waals surface area (Å²) in [6.07, 6.45) is 3.27. The molecule has 0 radical (unpaired) electrons. The van der Waals surface area contributed by atoms with Gasteiger partial charge in [0.2, 0.25) is 11.8 Å². The van der Waals surface area contributed by atoms with Crippen LogP contribution >= 0.6 is 24.8 Å². The molecule has 2 aliphatic heterocycles. The Bertz CT molecular complexity index is 589. The molecule has 1 unspecified atom stereocenters. The van der Waals surface area contributed by atoms with E-state index in [0.717, 1.165) is 31.9 Å². The molecule has 2 saturated heterocycles. The SMILES string of the molecule is Cl.Cl.NCCN1CCC(c2ccc(NC3CCC(=O)NC3=O)cc2)CC1. The molecule has 2 fully saturated rings. The zero-order valence-corrected chi connectivity index (χ0v) is 16.4. The van der Waals surface area contributed by atoms with Crippen LogP contribution in [0.5, 0.6) is 0 Å². The highest BCUT2D eigenvalue weighted by Gasteiger charge is 2.26. The van der Waals surface area contributed by atoms with E-state index in [4.69, 9.17) is 5.73 Å². The number of amides is 2. The van der Waals surface area contributed by atoms with Crippen molar-refractivity contribution in [1.82, 2.24) is 10.2 Å². The number of nitrogens with two attached hydrogens (primary N) is 1. The van der Waals surface area contributed by atoms with Crippen molar-refractivity contribution in [3.05, 3.63) is 29.8 Å². The lowest BCUT2D eigenvalue weighted by Gasteiger charge is -2.32. The monoisotopic (exact) mass is 402 g/mol. The summed E-state index contributed by atoms with van der Waals surface area (Å²) < 4.78 is 0. The Hall–Kier alpha value is -1.34. The summed E-state index contributed by atoms with van der Waals surface area (Å²) in [5.74, 6) is 0.181. The van der Waals surface area contributed by atoms with Gasteiger partial charge in [-0.25, -0.2) is 0 Å². The van der Waals surface area contributed by atoms with Gasteiger partial charge in [0.05, 0.1) is 0 Å². The number of halogens is 2. The van der Waals surface area contributed by atoms with Gasteiger partial charge < -0.3 is 16.0 Å². The summed E-state index contributed by atoms with van der Waals surface area (Å²) in [6, 6.07) is 8.04. The second kappa shape index (κ2) is 10.7. The highest BCUT2D eigenvalue weighted by molar-refractivity contribution is 6.01. The summed E-state index contributed by atoms with van der Waals surface area (Å²) in [5, 5.41) is 5.59. The fourth-order valence-electron chi connectivity index (χ4n) is 3.56. The van der Waals surface area contributed by atoms with Crippen LogP contribution in [0, 0.1) is 0 Å². The zero-order valence-electron chi connectivity index (χ0n) is 14.8. The predicted molar refractivity (Wildman–Crippen MR) is 108 cm³/mol. The summed E-state index contributed by atoms with van der Waals surface area (Å²) in [4.78, 5) is 25.4. The predicted octanol–water partition coefficient (Wildman–Crippen LogP) is 1.89. The van der Waals surface area contributed by atoms with E-state index in [2.05, 4.69) is 27.7 Å². The molecular weight excluding hydrogens is 375 g/mol. The minimum atomic E-state index is -0.326. The molecular formula is C18H28Cl2N4O2. The van der Waals surface area contributed by atoms with Gasteiger partial charge in [0.25, 0.3) is 0 Å². The number of nitrogens with one attached hydrogen (secondary N) is 2. The van der Waals surface area contributed by atoms with Crippen molar-refractivity contribution in [1.29, 1.82) is 0 Å². The number of rotatable bonds is 5. The van der Waals surface area contributed by atoms with Crippen molar-refractivity contribution in [2.75, 3.05) is 31.5 Å². The molecule has 6 nitrogen and oxygen atoms in total. The van der Waals surface area contributed by atoms with Crippen LogP contribution in [-0.2, 0) is 9.59 Å². The third kappa shape index (κ3) is 5.84. The normalized spacial score (nSPS) is 21.3. The summed E-state index contributed by atoms with van der Waals surface area (Å²) in [6.45, 7) is 3.93. The van der Waals surface area contributed by atoms with E-state index < -0.39 is 0 Å². The second-order valence-corrected chi connectivity index (χ2v) is 6.67. The molecule has 4 N–H and O–H groups in total. The number of benzene rings is 1. The number of carbonyl (C=O) groups is 2. The van der Waals surface area contributed by atoms with Gasteiger partial charge in [0.15, 0.2) is 0 Å². The fraction of sp³-hybridized carbons (Fsp3) is 0.556. The van der Waals surface area contributed by atoms with Crippen LogP contribution in [-0.4, -0.2) is 48.9 Å². The van der Waals surface area contributed by atoms with Crippen LogP contribution in [0.2, 0.25) is 0 Å². The largest absolute Gasteiger partial charge is 0.374 e. The molecule has 8 heteroatoms. The average molecular weight is 403 g/mol. The minimum absolute atomic E-state index is 0. The molecule has 0 bridgehead atoms. The number of hydrogen-bond acceptors (Lipinski definition) is 5. The molecule has 1 atom stereocenters. The zero-order chi connectivity index (χ0) is 16.9. The van der Waals surface area contributed by atoms with Crippen LogP contribution in [0.3, 0.4) is 0 Å². The van der Waals surface area contributed by atoms with E-state index in [9.17, 15) is 9.59 Å². The molecule has 146 valence electrons. The lowest BCUT2D eigenvalue weighted by molar-refractivity contribution is -0.133. The van der Waals surface area contributed by atoms with E-state index in [1.807, 2.05) is 12.1 Å². The van der Waals surface area contributed by atoms with E-state index in [1.165, 1.54) is 18.4 Å². The fourth-order valence-corrected chi connectivity index (χ4v) is 3.56. The number of nitrogens with zero attached hydrogens (tertiary/aromatic N) is 1. The molecule has 1 aromatic rings. The molecule has 3 rings (SSSR count). The van der Waals surface area contributed by atoms with Crippen molar-refractivity contribution in [2.45, 2.75) is 37.6 Å². The minimum Gasteiger partial charge on any atom is -0.374 e. The Labute approximate surface area is 167 Å². The number of likely N-dealkylation sites (tertiary alicyclic amines) is 1. The maximum atomic E-state index is 11.8. The molecule has 2 aliphatic rings. The smallest absolute Gasteiger partial charge is 0.249 e. The maximum absolute atomic E-state index is 11.8. The highest BCUT2D eigenvalue weighted by atomic mass is 35.5. The van der Waals surface area contributed by atoms with Crippen LogP contribution in [0.25, 0.3) is 0 Å². The Morgan fingerprint density at radius 3 is 2.31 bits per heavy atom. The second-order valence-electron chi connectivity index (χ2n) is 6.67. The first-order valence-electron chi connectivity index (χ1n) is 8.78. The van der Waals surface area contributed by atoms with Crippen molar-refractivity contribution < 1.29 is 9.59 Å². The van der Waals surface area contributed by atoms with Gasteiger partial charge in [0.1, 0.15) is 6.04 Å². The lowest BCUT2D eigenvalue weighted by atomic mass is 9.89. The van der Waals surface area contributed by atoms with Crippen LogP contribution in [0.1, 0.15) is 37.2 Å². The standard InChI is InChI=1S/C18H26N4O2.2ClH/c19-9-12-22-10-7-14(8-11-22)13-1-3-15(4-2-13)20-16-5-6-17(23)21-18(16)24;;/h1-4,14,16,20H,5-12,19H2,(H,21,23,24);2*1H. The third-order valence-electron chi connectivity index (χ3n) is 5.00. The van der Waals surface area contributed by atoms with Gasteiger partial charge in [-0.3, -0.25) is 14.9 Å². The first kappa shape index (κ1) is 22.7. The molecule has 0 aliphatic carbocycles. The van der Waals surface area contributed by atoms with Gasteiger partial charge in [-0.2, -0.15) is 0 Å². The number of imide groups is 1. The molecule has 0 aromatic heterocycles. The van der Waals surface area contributed by atoms with Gasteiger partial charge in [-0.05, 0) is 56.0 Å². The first-order chi connectivity index (χ1) is 11.7. The molecule has 2 heterocycles. The lowest BCUT2D eigenvalue weighted by Crippen LogP contribution is -2.47. The van der Waals surface area contributed by atoms with E-state index >= 15 is 0 Å². The van der Waals surface area contributed by atoms with Crippen molar-refractivity contribution in [3.63, 3.8) is 0 Å². The van der Waals surface area contributed by atoms with Gasteiger partial charge >= 0.3 is 0 Å². The van der Waals surface area contributed by atoms with Crippen molar-refractivity contribution in [2.24, 2.45) is 5.73 Å². The van der Waals surface area contributed by atoms with Crippen molar-refractivity contribution >= 4 is 42.3 Å². The molecule has 26 heavy (non-hydrogen) atoms. The molecule has 0 saturated carbocycles. The van der Waals surface area contributed by atoms with E-state index in [-0.39, 0.29) is 42.7 Å². The quantitative estimate of drug-likeness (QED) is 0.654. The third-order valence-corrected chi connectivity index (χ3v) is 5.00. The topological polar surface area (TPSA) is 87.5 Å². The average Bonchev–Trinajstić information content (AvgIpc) is 2.59. The maximum Gasteiger partial charge on any atom is 0.249 e. The van der Waals surface area contributed by atoms with Gasteiger partial charge in [-0.15, -0.1) is 24.8 Å². The summed E-state index contributed by atoms with van der Waals surface area (Å²) in [5.41, 5.74) is 7.90. The number of piperidine rings is 2. The molecule has 0 spiro atoms.